The molecule has 0 atom stereocenters. The van der Waals surface area contributed by atoms with Crippen LogP contribution in [0.5, 0.6) is 0 Å². The first kappa shape index (κ1) is 12.2. The number of rotatable bonds is 4. The Hall–Kier alpha value is -1.26. The van der Waals surface area contributed by atoms with E-state index in [0.717, 1.165) is 10.9 Å². The molecule has 0 saturated heterocycles. The molecule has 2 N–H and O–H groups in total. The SMILES string of the molecule is Cc1cccc(-n2ccnc2SCCN)c1C. The lowest BCUT2D eigenvalue weighted by Crippen LogP contribution is -2.04. The first-order valence-electron chi connectivity index (χ1n) is 5.67. The molecule has 3 nitrogen and oxygen atoms in total. The minimum atomic E-state index is 0.671. The normalized spacial score (nSPS) is 10.8. The molecule has 1 heterocycles. The van der Waals surface area contributed by atoms with Crippen molar-refractivity contribution in [2.45, 2.75) is 19.0 Å². The Morgan fingerprint density at radius 1 is 1.35 bits per heavy atom. The van der Waals surface area contributed by atoms with Crippen LogP contribution in [0.2, 0.25) is 0 Å². The van der Waals surface area contributed by atoms with Crippen LogP contribution >= 0.6 is 11.8 Å². The van der Waals surface area contributed by atoms with E-state index in [4.69, 9.17) is 5.73 Å². The van der Waals surface area contributed by atoms with Gasteiger partial charge in [-0.2, -0.15) is 0 Å². The predicted molar refractivity (Wildman–Crippen MR) is 72.8 cm³/mol. The van der Waals surface area contributed by atoms with Crippen molar-refractivity contribution < 1.29 is 0 Å². The van der Waals surface area contributed by atoms with E-state index in [-0.39, 0.29) is 0 Å². The third kappa shape index (κ3) is 2.53. The Bertz CT molecular complexity index is 505. The molecule has 0 spiro atoms. The van der Waals surface area contributed by atoms with Crippen LogP contribution in [0.4, 0.5) is 0 Å². The maximum atomic E-state index is 5.53. The molecule has 0 amide bonds. The van der Waals surface area contributed by atoms with Crippen LogP contribution < -0.4 is 5.73 Å². The molecule has 0 aliphatic heterocycles. The molecule has 90 valence electrons. The zero-order chi connectivity index (χ0) is 12.3. The molecule has 2 aromatic rings. The summed E-state index contributed by atoms with van der Waals surface area (Å²) >= 11 is 1.69. The number of nitrogens with zero attached hydrogens (tertiary/aromatic N) is 2. The summed E-state index contributed by atoms with van der Waals surface area (Å²) in [6, 6.07) is 6.33. The lowest BCUT2D eigenvalue weighted by Gasteiger charge is -2.11. The Labute approximate surface area is 106 Å². The lowest BCUT2D eigenvalue weighted by atomic mass is 10.1. The Morgan fingerprint density at radius 2 is 2.18 bits per heavy atom. The number of aryl methyl sites for hydroxylation is 1. The summed E-state index contributed by atoms with van der Waals surface area (Å²) in [5, 5.41) is 1.00. The highest BCUT2D eigenvalue weighted by Crippen LogP contribution is 2.23. The van der Waals surface area contributed by atoms with E-state index in [0.29, 0.717) is 6.54 Å². The maximum absolute atomic E-state index is 5.53. The van der Waals surface area contributed by atoms with Crippen LogP contribution in [-0.2, 0) is 0 Å². The van der Waals surface area contributed by atoms with Gasteiger partial charge in [0, 0.05) is 24.7 Å². The van der Waals surface area contributed by atoms with Crippen molar-refractivity contribution in [2.75, 3.05) is 12.3 Å². The second kappa shape index (κ2) is 5.38. The highest BCUT2D eigenvalue weighted by molar-refractivity contribution is 7.99. The van der Waals surface area contributed by atoms with Crippen molar-refractivity contribution in [1.82, 2.24) is 9.55 Å². The van der Waals surface area contributed by atoms with E-state index in [9.17, 15) is 0 Å². The number of benzene rings is 1. The van der Waals surface area contributed by atoms with E-state index in [1.807, 2.05) is 12.4 Å². The first-order valence-corrected chi connectivity index (χ1v) is 6.65. The molecule has 0 aliphatic rings. The van der Waals surface area contributed by atoms with Gasteiger partial charge in [0.05, 0.1) is 5.69 Å². The molecular weight excluding hydrogens is 230 g/mol. The summed E-state index contributed by atoms with van der Waals surface area (Å²) in [4.78, 5) is 4.37. The zero-order valence-corrected chi connectivity index (χ0v) is 11.0. The summed E-state index contributed by atoms with van der Waals surface area (Å²) in [7, 11) is 0. The molecule has 0 saturated carbocycles. The fourth-order valence-electron chi connectivity index (χ4n) is 1.73. The number of nitrogens with two attached hydrogens (primary N) is 1. The number of thioether (sulfide) groups is 1. The third-order valence-electron chi connectivity index (χ3n) is 2.79. The Kier molecular flexibility index (Phi) is 3.86. The monoisotopic (exact) mass is 247 g/mol. The minimum Gasteiger partial charge on any atom is -0.330 e. The van der Waals surface area contributed by atoms with Crippen LogP contribution in [0.15, 0.2) is 35.7 Å². The fourth-order valence-corrected chi connectivity index (χ4v) is 2.46. The van der Waals surface area contributed by atoms with Crippen molar-refractivity contribution in [2.24, 2.45) is 5.73 Å². The van der Waals surface area contributed by atoms with Gasteiger partial charge in [0.15, 0.2) is 5.16 Å². The minimum absolute atomic E-state index is 0.671. The molecule has 4 heteroatoms. The van der Waals surface area contributed by atoms with Crippen LogP contribution in [0.1, 0.15) is 11.1 Å². The molecule has 0 radical (unpaired) electrons. The van der Waals surface area contributed by atoms with E-state index in [2.05, 4.69) is 41.6 Å². The molecule has 17 heavy (non-hydrogen) atoms. The average molecular weight is 247 g/mol. The number of aromatic nitrogens is 2. The smallest absolute Gasteiger partial charge is 0.172 e. The predicted octanol–water partition coefficient (Wildman–Crippen LogP) is 2.54. The van der Waals surface area contributed by atoms with Gasteiger partial charge in [0.2, 0.25) is 0 Å². The average Bonchev–Trinajstić information content (AvgIpc) is 2.78. The topological polar surface area (TPSA) is 43.8 Å². The fraction of sp³-hybridized carbons (Fsp3) is 0.308. The van der Waals surface area contributed by atoms with Crippen LogP contribution in [-0.4, -0.2) is 21.8 Å². The van der Waals surface area contributed by atoms with Gasteiger partial charge in [-0.1, -0.05) is 23.9 Å². The van der Waals surface area contributed by atoms with Crippen molar-refractivity contribution in [3.8, 4) is 5.69 Å². The largest absolute Gasteiger partial charge is 0.330 e. The van der Waals surface area contributed by atoms with Gasteiger partial charge in [0.1, 0.15) is 0 Å². The molecule has 1 aromatic carbocycles. The lowest BCUT2D eigenvalue weighted by molar-refractivity contribution is 0.885. The third-order valence-corrected chi connectivity index (χ3v) is 3.79. The first-order chi connectivity index (χ1) is 8.24. The second-order valence-corrected chi connectivity index (χ2v) is 5.00. The quantitative estimate of drug-likeness (QED) is 0.844. The van der Waals surface area contributed by atoms with Crippen molar-refractivity contribution >= 4 is 11.8 Å². The summed E-state index contributed by atoms with van der Waals surface area (Å²) in [5.41, 5.74) is 9.32. The maximum Gasteiger partial charge on any atom is 0.172 e. The Balaban J connectivity index is 2.39. The van der Waals surface area contributed by atoms with Gasteiger partial charge in [-0.3, -0.25) is 4.57 Å². The van der Waals surface area contributed by atoms with Gasteiger partial charge >= 0.3 is 0 Å². The van der Waals surface area contributed by atoms with E-state index >= 15 is 0 Å². The molecule has 2 rings (SSSR count). The summed E-state index contributed by atoms with van der Waals surface area (Å²) in [6.07, 6.45) is 3.83. The van der Waals surface area contributed by atoms with Gasteiger partial charge in [-0.05, 0) is 31.0 Å². The molecule has 0 fully saturated rings. The van der Waals surface area contributed by atoms with Crippen LogP contribution in [0, 0.1) is 13.8 Å². The van der Waals surface area contributed by atoms with Crippen LogP contribution in [0.3, 0.4) is 0 Å². The summed E-state index contributed by atoms with van der Waals surface area (Å²) in [5.74, 6) is 0.891. The van der Waals surface area contributed by atoms with E-state index in [1.165, 1.54) is 16.8 Å². The van der Waals surface area contributed by atoms with Crippen molar-refractivity contribution in [3.05, 3.63) is 41.7 Å². The highest BCUT2D eigenvalue weighted by Gasteiger charge is 2.08. The number of hydrogen-bond acceptors (Lipinski definition) is 3. The molecule has 0 bridgehead atoms. The van der Waals surface area contributed by atoms with Gasteiger partial charge in [-0.15, -0.1) is 0 Å². The molecular formula is C13H17N3S. The second-order valence-electron chi connectivity index (χ2n) is 3.94. The van der Waals surface area contributed by atoms with Gasteiger partial charge in [0.25, 0.3) is 0 Å². The van der Waals surface area contributed by atoms with E-state index < -0.39 is 0 Å². The number of hydrogen-bond donors (Lipinski definition) is 1. The Morgan fingerprint density at radius 3 is 2.94 bits per heavy atom. The molecule has 1 aromatic heterocycles. The number of imidazole rings is 1. The summed E-state index contributed by atoms with van der Waals surface area (Å²) < 4.78 is 2.13. The standard InChI is InChI=1S/C13H17N3S/c1-10-4-3-5-12(11(10)2)16-8-7-15-13(16)17-9-6-14/h3-5,7-8H,6,9,14H2,1-2H3. The van der Waals surface area contributed by atoms with Gasteiger partial charge < -0.3 is 5.73 Å². The van der Waals surface area contributed by atoms with Gasteiger partial charge in [-0.25, -0.2) is 4.98 Å². The highest BCUT2D eigenvalue weighted by atomic mass is 32.2. The van der Waals surface area contributed by atoms with Crippen molar-refractivity contribution in [3.63, 3.8) is 0 Å². The van der Waals surface area contributed by atoms with Crippen LogP contribution in [0.25, 0.3) is 5.69 Å². The van der Waals surface area contributed by atoms with E-state index in [1.54, 1.807) is 11.8 Å². The molecule has 0 unspecified atom stereocenters. The zero-order valence-electron chi connectivity index (χ0n) is 10.2. The van der Waals surface area contributed by atoms with Crippen molar-refractivity contribution in [1.29, 1.82) is 0 Å². The molecule has 0 aliphatic carbocycles. The summed E-state index contributed by atoms with van der Waals surface area (Å²) in [6.45, 7) is 4.94.